The van der Waals surface area contributed by atoms with Gasteiger partial charge in [0.2, 0.25) is 0 Å². The minimum atomic E-state index is -1.32. The molecule has 4 aromatic rings. The number of hydrogen-bond donors (Lipinski definition) is 1. The van der Waals surface area contributed by atoms with Crippen LogP contribution in [0.15, 0.2) is 97.1 Å². The van der Waals surface area contributed by atoms with Crippen LogP contribution in [0.1, 0.15) is 42.0 Å². The van der Waals surface area contributed by atoms with Crippen molar-refractivity contribution in [3.05, 3.63) is 119 Å². The van der Waals surface area contributed by atoms with Crippen LogP contribution >= 0.6 is 0 Å². The number of quaternary nitrogens is 1. The Bertz CT molecular complexity index is 1020. The van der Waals surface area contributed by atoms with E-state index in [1.807, 2.05) is 0 Å². The zero-order chi connectivity index (χ0) is 24.6. The second-order valence-electron chi connectivity index (χ2n) is 9.50. The summed E-state index contributed by atoms with van der Waals surface area (Å²) < 4.78 is 0. The molecular weight excluding hydrogens is 409 g/mol. The summed E-state index contributed by atoms with van der Waals surface area (Å²) >= 11 is 0. The quantitative estimate of drug-likeness (QED) is 0.425. The zero-order valence-electron chi connectivity index (χ0n) is 21.6. The summed E-state index contributed by atoms with van der Waals surface area (Å²) in [6.07, 6.45) is 1.24. The summed E-state index contributed by atoms with van der Waals surface area (Å²) in [6, 6.07) is 35.7. The van der Waals surface area contributed by atoms with Gasteiger partial charge in [-0.2, -0.15) is 21.9 Å². The third kappa shape index (κ3) is 5.03. The SMILES string of the molecule is CCCC[NH3+].Cc1ccccc1[B-](c1ccccc1C)(c1ccccc1C)c1ccccc1C. The number of unbranched alkanes of at least 4 members (excludes halogenated alkanes) is 1. The van der Waals surface area contributed by atoms with Crippen molar-refractivity contribution in [2.75, 3.05) is 6.54 Å². The molecule has 0 aliphatic rings. The first-order chi connectivity index (χ1) is 16.5. The summed E-state index contributed by atoms with van der Waals surface area (Å²) in [5.74, 6) is 0. The van der Waals surface area contributed by atoms with Crippen LogP contribution in [0.2, 0.25) is 0 Å². The highest BCUT2D eigenvalue weighted by atomic mass is 14.5. The normalized spacial score (nSPS) is 11.0. The van der Waals surface area contributed by atoms with Gasteiger partial charge in [-0.15, -0.1) is 0 Å². The molecule has 0 aliphatic carbocycles. The lowest BCUT2D eigenvalue weighted by atomic mass is 9.11. The first kappa shape index (κ1) is 25.5. The lowest BCUT2D eigenvalue weighted by molar-refractivity contribution is -0.368. The van der Waals surface area contributed by atoms with Crippen molar-refractivity contribution in [2.24, 2.45) is 0 Å². The van der Waals surface area contributed by atoms with Crippen LogP contribution in [0, 0.1) is 27.7 Å². The van der Waals surface area contributed by atoms with Crippen LogP contribution in [0.5, 0.6) is 0 Å². The van der Waals surface area contributed by atoms with E-state index in [1.54, 1.807) is 0 Å². The Morgan fingerprint density at radius 2 is 0.765 bits per heavy atom. The van der Waals surface area contributed by atoms with Gasteiger partial charge in [0.15, 0.2) is 0 Å². The molecule has 0 aliphatic heterocycles. The number of aryl methyl sites for hydroxylation is 4. The molecule has 0 saturated carbocycles. The topological polar surface area (TPSA) is 27.6 Å². The molecule has 2 heteroatoms. The van der Waals surface area contributed by atoms with Crippen LogP contribution in [-0.4, -0.2) is 12.7 Å². The maximum Gasteiger partial charge on any atom is 0.109 e. The van der Waals surface area contributed by atoms with Gasteiger partial charge in [-0.25, -0.2) is 0 Å². The predicted molar refractivity (Wildman–Crippen MR) is 152 cm³/mol. The maximum atomic E-state index is 3.68. The molecule has 0 saturated heterocycles. The van der Waals surface area contributed by atoms with Crippen molar-refractivity contribution in [1.82, 2.24) is 0 Å². The van der Waals surface area contributed by atoms with E-state index < -0.39 is 6.15 Å². The third-order valence-electron chi connectivity index (χ3n) is 7.22. The fourth-order valence-corrected chi connectivity index (χ4v) is 5.55. The van der Waals surface area contributed by atoms with E-state index in [-0.39, 0.29) is 0 Å². The standard InChI is InChI=1S/C28H28B.C4H11N/c1-21-13-5-9-17-25(21)29(26-18-10-6-14-22(26)2,27-19-11-7-15-23(27)3)28-20-12-8-16-24(28)4;1-2-3-4-5/h5-20H,1-4H3;2-5H2,1H3/q-1;/p+1. The highest BCUT2D eigenvalue weighted by molar-refractivity contribution is 7.20. The second-order valence-corrected chi connectivity index (χ2v) is 9.50. The van der Waals surface area contributed by atoms with Crippen LogP contribution in [0.4, 0.5) is 0 Å². The van der Waals surface area contributed by atoms with E-state index in [4.69, 9.17) is 0 Å². The van der Waals surface area contributed by atoms with Crippen molar-refractivity contribution in [3.8, 4) is 0 Å². The molecule has 4 aromatic carbocycles. The fraction of sp³-hybridized carbons (Fsp3) is 0.250. The van der Waals surface area contributed by atoms with Gasteiger partial charge >= 0.3 is 0 Å². The Balaban J connectivity index is 0.000000588. The van der Waals surface area contributed by atoms with Crippen molar-refractivity contribution in [3.63, 3.8) is 0 Å². The molecule has 1 nitrogen and oxygen atoms in total. The third-order valence-corrected chi connectivity index (χ3v) is 7.22. The summed E-state index contributed by atoms with van der Waals surface area (Å²) in [6.45, 7) is 12.3. The maximum absolute atomic E-state index is 3.68. The smallest absolute Gasteiger partial charge is 0.109 e. The molecule has 3 N–H and O–H groups in total. The van der Waals surface area contributed by atoms with Gasteiger partial charge < -0.3 is 5.73 Å². The molecule has 0 unspecified atom stereocenters. The Labute approximate surface area is 207 Å². The van der Waals surface area contributed by atoms with E-state index in [2.05, 4.69) is 137 Å². The highest BCUT2D eigenvalue weighted by Crippen LogP contribution is 2.16. The van der Waals surface area contributed by atoms with E-state index in [1.165, 1.54) is 56.9 Å². The van der Waals surface area contributed by atoms with Gasteiger partial charge in [0.05, 0.1) is 6.54 Å². The van der Waals surface area contributed by atoms with Crippen molar-refractivity contribution >= 4 is 28.0 Å². The van der Waals surface area contributed by atoms with Gasteiger partial charge in [-0.05, 0) is 34.1 Å². The molecule has 0 aromatic heterocycles. The highest BCUT2D eigenvalue weighted by Gasteiger charge is 2.35. The molecule has 0 amide bonds. The molecule has 4 rings (SSSR count). The van der Waals surface area contributed by atoms with E-state index in [9.17, 15) is 0 Å². The van der Waals surface area contributed by atoms with E-state index in [0.29, 0.717) is 0 Å². The van der Waals surface area contributed by atoms with Crippen LogP contribution in [-0.2, 0) is 0 Å². The van der Waals surface area contributed by atoms with Gasteiger partial charge in [0.1, 0.15) is 6.15 Å². The largest absolute Gasteiger partial charge is 0.358 e. The average molecular weight is 449 g/mol. The molecule has 0 bridgehead atoms. The van der Waals surface area contributed by atoms with Gasteiger partial charge in [-0.1, -0.05) is 133 Å². The van der Waals surface area contributed by atoms with E-state index >= 15 is 0 Å². The molecule has 0 spiro atoms. The van der Waals surface area contributed by atoms with Crippen molar-refractivity contribution < 1.29 is 5.73 Å². The summed E-state index contributed by atoms with van der Waals surface area (Å²) in [5.41, 5.74) is 14.6. The summed E-state index contributed by atoms with van der Waals surface area (Å²) in [5, 5.41) is 0. The van der Waals surface area contributed by atoms with Crippen molar-refractivity contribution in [1.29, 1.82) is 0 Å². The molecule has 0 fully saturated rings. The van der Waals surface area contributed by atoms with Crippen LogP contribution < -0.4 is 27.6 Å². The zero-order valence-corrected chi connectivity index (χ0v) is 21.6. The first-order valence-corrected chi connectivity index (χ1v) is 12.7. The second kappa shape index (κ2) is 11.9. The number of hydrogen-bond acceptors (Lipinski definition) is 0. The molecule has 176 valence electrons. The van der Waals surface area contributed by atoms with Gasteiger partial charge in [-0.3, -0.25) is 0 Å². The van der Waals surface area contributed by atoms with Gasteiger partial charge in [0.25, 0.3) is 0 Å². The minimum Gasteiger partial charge on any atom is -0.358 e. The van der Waals surface area contributed by atoms with E-state index in [0.717, 1.165) is 6.54 Å². The molecule has 0 atom stereocenters. The van der Waals surface area contributed by atoms with Crippen LogP contribution in [0.25, 0.3) is 0 Å². The Hall–Kier alpha value is -3.10. The van der Waals surface area contributed by atoms with Crippen molar-refractivity contribution in [2.45, 2.75) is 47.5 Å². The molecule has 0 radical (unpaired) electrons. The Morgan fingerprint density at radius 3 is 0.941 bits per heavy atom. The lowest BCUT2D eigenvalue weighted by Gasteiger charge is -2.48. The lowest BCUT2D eigenvalue weighted by Crippen LogP contribution is -2.76. The number of rotatable bonds is 6. The molecule has 0 heterocycles. The minimum absolute atomic E-state index is 1.09. The van der Waals surface area contributed by atoms with Crippen LogP contribution in [0.3, 0.4) is 0 Å². The average Bonchev–Trinajstić information content (AvgIpc) is 2.84. The number of benzene rings is 4. The molecule has 34 heavy (non-hydrogen) atoms. The predicted octanol–water partition coefficient (Wildman–Crippen LogP) is 4.33. The Morgan fingerprint density at radius 1 is 0.500 bits per heavy atom. The monoisotopic (exact) mass is 449 g/mol. The Kier molecular flexibility index (Phi) is 8.90. The first-order valence-electron chi connectivity index (χ1n) is 12.7. The van der Waals surface area contributed by atoms with Gasteiger partial charge in [0, 0.05) is 0 Å². The fourth-order valence-electron chi connectivity index (χ4n) is 5.55. The summed E-state index contributed by atoms with van der Waals surface area (Å²) in [7, 11) is 0. The molecular formula is C32H40BN. The summed E-state index contributed by atoms with van der Waals surface area (Å²) in [4.78, 5) is 0.